The van der Waals surface area contributed by atoms with Crippen molar-refractivity contribution in [1.82, 2.24) is 19.9 Å². The van der Waals surface area contributed by atoms with Crippen LogP contribution < -0.4 is 5.73 Å². The van der Waals surface area contributed by atoms with Gasteiger partial charge in [-0.1, -0.05) is 60.6 Å². The summed E-state index contributed by atoms with van der Waals surface area (Å²) in [6, 6.07) is 20.3. The van der Waals surface area contributed by atoms with Gasteiger partial charge in [-0.3, -0.25) is 4.68 Å². The Hall–Kier alpha value is -3.67. The Bertz CT molecular complexity index is 1340. The largest absolute Gasteiger partial charge is 0.382 e. The Balaban J connectivity index is 1.43. The van der Waals surface area contributed by atoms with Crippen molar-refractivity contribution in [2.75, 3.05) is 5.73 Å². The van der Waals surface area contributed by atoms with Crippen LogP contribution in [-0.4, -0.2) is 19.9 Å². The summed E-state index contributed by atoms with van der Waals surface area (Å²) < 4.78 is 7.69. The molecule has 5 rings (SSSR count). The highest BCUT2D eigenvalue weighted by Crippen LogP contribution is 2.31. The van der Waals surface area contributed by atoms with E-state index in [0.717, 1.165) is 71.1 Å². The first-order valence-electron chi connectivity index (χ1n) is 10.8. The molecule has 0 radical (unpaired) electrons. The SMILES string of the molecule is CCCn1nc2c(N)nc3ccccc3c2c1CCCc1cc(-c2ccccc2)no1. The first kappa shape index (κ1) is 19.3. The summed E-state index contributed by atoms with van der Waals surface area (Å²) in [6.07, 6.45) is 3.64. The summed E-state index contributed by atoms with van der Waals surface area (Å²) in [6.45, 7) is 3.02. The van der Waals surface area contributed by atoms with E-state index in [9.17, 15) is 0 Å². The number of hydrogen-bond donors (Lipinski definition) is 1. The fraction of sp³-hybridized carbons (Fsp3) is 0.240. The fourth-order valence-corrected chi connectivity index (χ4v) is 4.18. The van der Waals surface area contributed by atoms with E-state index in [2.05, 4.69) is 27.8 Å². The van der Waals surface area contributed by atoms with Crippen LogP contribution in [0.15, 0.2) is 65.2 Å². The van der Waals surface area contributed by atoms with Gasteiger partial charge in [0.25, 0.3) is 0 Å². The molecule has 0 bridgehead atoms. The molecule has 3 heterocycles. The van der Waals surface area contributed by atoms with Crippen molar-refractivity contribution >= 4 is 27.6 Å². The molecule has 2 aromatic carbocycles. The van der Waals surface area contributed by atoms with E-state index in [1.54, 1.807) is 0 Å². The van der Waals surface area contributed by atoms with E-state index in [1.165, 1.54) is 5.69 Å². The summed E-state index contributed by atoms with van der Waals surface area (Å²) in [5, 5.41) is 11.3. The van der Waals surface area contributed by atoms with E-state index < -0.39 is 0 Å². The highest BCUT2D eigenvalue weighted by atomic mass is 16.5. The Labute approximate surface area is 180 Å². The second-order valence-corrected chi connectivity index (χ2v) is 7.81. The van der Waals surface area contributed by atoms with Crippen LogP contribution in [0.3, 0.4) is 0 Å². The number of aromatic nitrogens is 4. The summed E-state index contributed by atoms with van der Waals surface area (Å²) >= 11 is 0. The smallest absolute Gasteiger partial charge is 0.152 e. The van der Waals surface area contributed by atoms with Gasteiger partial charge in [-0.15, -0.1) is 0 Å². The zero-order valence-electron chi connectivity index (χ0n) is 17.6. The molecule has 0 aliphatic rings. The number of pyridine rings is 1. The normalized spacial score (nSPS) is 11.5. The molecule has 0 unspecified atom stereocenters. The third-order valence-corrected chi connectivity index (χ3v) is 5.62. The molecule has 0 spiro atoms. The maximum Gasteiger partial charge on any atom is 0.152 e. The molecule has 0 amide bonds. The molecule has 31 heavy (non-hydrogen) atoms. The van der Waals surface area contributed by atoms with Gasteiger partial charge in [-0.05, 0) is 25.3 Å². The van der Waals surface area contributed by atoms with E-state index in [4.69, 9.17) is 15.4 Å². The van der Waals surface area contributed by atoms with Gasteiger partial charge in [0.05, 0.1) is 5.52 Å². The number of benzene rings is 2. The van der Waals surface area contributed by atoms with E-state index >= 15 is 0 Å². The predicted molar refractivity (Wildman–Crippen MR) is 124 cm³/mol. The molecular formula is C25H25N5O. The monoisotopic (exact) mass is 411 g/mol. The maximum absolute atomic E-state index is 6.27. The Kier molecular flexibility index (Phi) is 5.12. The van der Waals surface area contributed by atoms with E-state index in [0.29, 0.717) is 5.82 Å². The highest BCUT2D eigenvalue weighted by Gasteiger charge is 2.17. The van der Waals surface area contributed by atoms with Gasteiger partial charge in [0.15, 0.2) is 5.82 Å². The van der Waals surface area contributed by atoms with Crippen LogP contribution in [0.25, 0.3) is 33.1 Å². The van der Waals surface area contributed by atoms with Crippen LogP contribution in [0.5, 0.6) is 0 Å². The van der Waals surface area contributed by atoms with Crippen molar-refractivity contribution < 1.29 is 4.52 Å². The second kappa shape index (κ2) is 8.22. The quantitative estimate of drug-likeness (QED) is 0.387. The number of anilines is 1. The van der Waals surface area contributed by atoms with Crippen molar-refractivity contribution in [3.8, 4) is 11.3 Å². The van der Waals surface area contributed by atoms with Gasteiger partial charge in [0.2, 0.25) is 0 Å². The van der Waals surface area contributed by atoms with Crippen molar-refractivity contribution in [3.63, 3.8) is 0 Å². The molecule has 6 nitrogen and oxygen atoms in total. The van der Waals surface area contributed by atoms with Crippen LogP contribution in [0, 0.1) is 0 Å². The summed E-state index contributed by atoms with van der Waals surface area (Å²) in [7, 11) is 0. The average molecular weight is 412 g/mol. The Morgan fingerprint density at radius 2 is 1.81 bits per heavy atom. The number of aryl methyl sites for hydroxylation is 3. The summed E-state index contributed by atoms with van der Waals surface area (Å²) in [5.41, 5.74) is 11.1. The van der Waals surface area contributed by atoms with Crippen molar-refractivity contribution in [3.05, 3.63) is 72.1 Å². The number of rotatable bonds is 7. The number of nitrogen functional groups attached to an aromatic ring is 1. The number of hydrogen-bond acceptors (Lipinski definition) is 5. The molecule has 5 aromatic rings. The van der Waals surface area contributed by atoms with Crippen molar-refractivity contribution in [1.29, 1.82) is 0 Å². The zero-order valence-corrected chi connectivity index (χ0v) is 17.6. The van der Waals surface area contributed by atoms with E-state index in [-0.39, 0.29) is 0 Å². The lowest BCUT2D eigenvalue weighted by molar-refractivity contribution is 0.382. The third-order valence-electron chi connectivity index (χ3n) is 5.62. The van der Waals surface area contributed by atoms with Gasteiger partial charge in [0, 0.05) is 41.1 Å². The second-order valence-electron chi connectivity index (χ2n) is 7.81. The van der Waals surface area contributed by atoms with Gasteiger partial charge < -0.3 is 10.3 Å². The van der Waals surface area contributed by atoms with Crippen LogP contribution in [0.4, 0.5) is 5.82 Å². The van der Waals surface area contributed by atoms with Crippen molar-refractivity contribution in [2.24, 2.45) is 0 Å². The number of para-hydroxylation sites is 1. The molecule has 0 aliphatic heterocycles. The molecule has 0 saturated heterocycles. The lowest BCUT2D eigenvalue weighted by Gasteiger charge is -2.07. The number of nitrogens with two attached hydrogens (primary N) is 1. The highest BCUT2D eigenvalue weighted by molar-refractivity contribution is 6.09. The van der Waals surface area contributed by atoms with Crippen LogP contribution in [0.2, 0.25) is 0 Å². The molecule has 6 heteroatoms. The fourth-order valence-electron chi connectivity index (χ4n) is 4.18. The first-order valence-corrected chi connectivity index (χ1v) is 10.8. The van der Waals surface area contributed by atoms with Crippen LogP contribution in [0.1, 0.15) is 31.2 Å². The van der Waals surface area contributed by atoms with Gasteiger partial charge in [-0.25, -0.2) is 4.98 Å². The molecule has 156 valence electrons. The minimum atomic E-state index is 0.493. The lowest BCUT2D eigenvalue weighted by Crippen LogP contribution is -2.05. The standard InChI is InChI=1S/C25H25N5O/c1-2-15-30-22(23-19-12-6-7-13-20(19)27-25(26)24(23)28-30)14-8-11-18-16-21(29-31-18)17-9-4-3-5-10-17/h3-7,9-10,12-13,16H,2,8,11,14-15H2,1H3,(H2,26,27). The number of fused-ring (bicyclic) bond motifs is 3. The van der Waals surface area contributed by atoms with E-state index in [1.807, 2.05) is 54.6 Å². The molecule has 0 aliphatic carbocycles. The van der Waals surface area contributed by atoms with Crippen LogP contribution >= 0.6 is 0 Å². The van der Waals surface area contributed by atoms with Gasteiger partial charge >= 0.3 is 0 Å². The minimum Gasteiger partial charge on any atom is -0.382 e. The van der Waals surface area contributed by atoms with Crippen LogP contribution in [-0.2, 0) is 19.4 Å². The van der Waals surface area contributed by atoms with Gasteiger partial charge in [-0.2, -0.15) is 5.10 Å². The third kappa shape index (κ3) is 3.65. The Morgan fingerprint density at radius 3 is 2.65 bits per heavy atom. The number of nitrogens with zero attached hydrogens (tertiary/aromatic N) is 4. The van der Waals surface area contributed by atoms with Gasteiger partial charge in [0.1, 0.15) is 17.0 Å². The molecule has 0 fully saturated rings. The summed E-state index contributed by atoms with van der Waals surface area (Å²) in [4.78, 5) is 4.56. The minimum absolute atomic E-state index is 0.493. The molecule has 0 saturated carbocycles. The zero-order chi connectivity index (χ0) is 21.2. The Morgan fingerprint density at radius 1 is 1.00 bits per heavy atom. The summed E-state index contributed by atoms with van der Waals surface area (Å²) in [5.74, 6) is 1.39. The molecule has 2 N–H and O–H groups in total. The maximum atomic E-state index is 6.27. The molecular weight excluding hydrogens is 386 g/mol. The molecule has 3 aromatic heterocycles. The topological polar surface area (TPSA) is 82.8 Å². The predicted octanol–water partition coefficient (Wildman–Crippen LogP) is 5.41. The van der Waals surface area contributed by atoms with Crippen molar-refractivity contribution in [2.45, 2.75) is 39.2 Å². The first-order chi connectivity index (χ1) is 15.2. The lowest BCUT2D eigenvalue weighted by atomic mass is 10.0. The average Bonchev–Trinajstić information content (AvgIpc) is 3.41. The molecule has 0 atom stereocenters.